The van der Waals surface area contributed by atoms with Crippen LogP contribution in [-0.2, 0) is 7.05 Å². The summed E-state index contributed by atoms with van der Waals surface area (Å²) in [4.78, 5) is 0. The van der Waals surface area contributed by atoms with Gasteiger partial charge in [0, 0.05) is 19.3 Å². The number of aromatic nitrogens is 2. The highest BCUT2D eigenvalue weighted by atomic mass is 19.1. The first-order valence-corrected chi connectivity index (χ1v) is 4.66. The standard InChI is InChI=1S/C11H9FN4/c1-16-6-5-11(15-16)14-10-4-2-3-9(12)8(10)7-13/h2-6H,1H3,(H,14,15). The van der Waals surface area contributed by atoms with Gasteiger partial charge < -0.3 is 5.32 Å². The van der Waals surface area contributed by atoms with Gasteiger partial charge in [0.2, 0.25) is 0 Å². The van der Waals surface area contributed by atoms with Crippen molar-refractivity contribution in [3.8, 4) is 6.07 Å². The summed E-state index contributed by atoms with van der Waals surface area (Å²) in [6, 6.07) is 7.99. The average molecular weight is 216 g/mol. The van der Waals surface area contributed by atoms with Crippen LogP contribution in [-0.4, -0.2) is 9.78 Å². The fraction of sp³-hybridized carbons (Fsp3) is 0.0909. The minimum absolute atomic E-state index is 0.00634. The van der Waals surface area contributed by atoms with E-state index in [0.29, 0.717) is 11.5 Å². The summed E-state index contributed by atoms with van der Waals surface area (Å²) in [5.41, 5.74) is 0.411. The summed E-state index contributed by atoms with van der Waals surface area (Å²) in [6.07, 6.45) is 1.76. The van der Waals surface area contributed by atoms with Crippen molar-refractivity contribution in [2.75, 3.05) is 5.32 Å². The fourth-order valence-corrected chi connectivity index (χ4v) is 1.36. The first-order valence-electron chi connectivity index (χ1n) is 4.66. The Morgan fingerprint density at radius 3 is 2.88 bits per heavy atom. The number of nitriles is 1. The molecule has 0 bridgehead atoms. The maximum Gasteiger partial charge on any atom is 0.152 e. The third-order valence-corrected chi connectivity index (χ3v) is 2.10. The van der Waals surface area contributed by atoms with Crippen molar-refractivity contribution < 1.29 is 4.39 Å². The number of anilines is 2. The van der Waals surface area contributed by atoms with Crippen molar-refractivity contribution in [3.63, 3.8) is 0 Å². The minimum atomic E-state index is -0.538. The summed E-state index contributed by atoms with van der Waals surface area (Å²) in [6.45, 7) is 0. The highest BCUT2D eigenvalue weighted by molar-refractivity contribution is 5.64. The van der Waals surface area contributed by atoms with Gasteiger partial charge in [0.1, 0.15) is 17.4 Å². The van der Waals surface area contributed by atoms with Crippen LogP contribution in [0.1, 0.15) is 5.56 Å². The van der Waals surface area contributed by atoms with Crippen LogP contribution in [0, 0.1) is 17.1 Å². The predicted molar refractivity (Wildman–Crippen MR) is 57.6 cm³/mol. The van der Waals surface area contributed by atoms with Crippen LogP contribution in [0.5, 0.6) is 0 Å². The topological polar surface area (TPSA) is 53.6 Å². The summed E-state index contributed by atoms with van der Waals surface area (Å²) in [7, 11) is 1.78. The van der Waals surface area contributed by atoms with E-state index in [1.807, 2.05) is 6.07 Å². The van der Waals surface area contributed by atoms with E-state index >= 15 is 0 Å². The molecule has 0 fully saturated rings. The first kappa shape index (κ1) is 10.2. The lowest BCUT2D eigenvalue weighted by Crippen LogP contribution is -1.97. The van der Waals surface area contributed by atoms with Crippen molar-refractivity contribution in [3.05, 3.63) is 41.8 Å². The molecule has 4 nitrogen and oxygen atoms in total. The van der Waals surface area contributed by atoms with E-state index in [-0.39, 0.29) is 5.56 Å². The van der Waals surface area contributed by atoms with Gasteiger partial charge in [-0.25, -0.2) is 4.39 Å². The van der Waals surface area contributed by atoms with Gasteiger partial charge >= 0.3 is 0 Å². The maximum absolute atomic E-state index is 13.3. The summed E-state index contributed by atoms with van der Waals surface area (Å²) < 4.78 is 14.9. The quantitative estimate of drug-likeness (QED) is 0.837. The SMILES string of the molecule is Cn1ccc(Nc2cccc(F)c2C#N)n1. The second kappa shape index (κ2) is 4.03. The van der Waals surface area contributed by atoms with E-state index in [0.717, 1.165) is 0 Å². The normalized spacial score (nSPS) is 9.81. The number of nitrogens with zero attached hydrogens (tertiary/aromatic N) is 3. The van der Waals surface area contributed by atoms with Crippen molar-refractivity contribution in [1.82, 2.24) is 9.78 Å². The second-order valence-corrected chi connectivity index (χ2v) is 3.27. The Morgan fingerprint density at radius 1 is 1.44 bits per heavy atom. The molecule has 0 aliphatic rings. The highest BCUT2D eigenvalue weighted by Gasteiger charge is 2.08. The van der Waals surface area contributed by atoms with E-state index in [1.54, 1.807) is 36.1 Å². The largest absolute Gasteiger partial charge is 0.338 e. The van der Waals surface area contributed by atoms with Crippen molar-refractivity contribution in [2.24, 2.45) is 7.05 Å². The molecule has 0 spiro atoms. The summed E-state index contributed by atoms with van der Waals surface area (Å²) in [5, 5.41) is 15.8. The van der Waals surface area contributed by atoms with Gasteiger partial charge in [0.25, 0.3) is 0 Å². The Bertz CT molecular complexity index is 553. The molecule has 1 aromatic heterocycles. The van der Waals surface area contributed by atoms with Gasteiger partial charge in [0.05, 0.1) is 5.69 Å². The Labute approximate surface area is 91.9 Å². The van der Waals surface area contributed by atoms with E-state index in [9.17, 15) is 4.39 Å². The van der Waals surface area contributed by atoms with Gasteiger partial charge in [-0.15, -0.1) is 0 Å². The second-order valence-electron chi connectivity index (χ2n) is 3.27. The van der Waals surface area contributed by atoms with Crippen LogP contribution in [0.25, 0.3) is 0 Å². The lowest BCUT2D eigenvalue weighted by Gasteiger charge is -2.05. The lowest BCUT2D eigenvalue weighted by molar-refractivity contribution is 0.624. The van der Waals surface area contributed by atoms with Crippen molar-refractivity contribution >= 4 is 11.5 Å². The molecule has 0 aliphatic heterocycles. The molecule has 0 aliphatic carbocycles. The monoisotopic (exact) mass is 216 g/mol. The number of hydrogen-bond donors (Lipinski definition) is 1. The van der Waals surface area contributed by atoms with Crippen LogP contribution < -0.4 is 5.32 Å². The number of aryl methyl sites for hydroxylation is 1. The third-order valence-electron chi connectivity index (χ3n) is 2.10. The molecular weight excluding hydrogens is 207 g/mol. The Balaban J connectivity index is 2.35. The van der Waals surface area contributed by atoms with Crippen LogP contribution in [0.4, 0.5) is 15.9 Å². The first-order chi connectivity index (χ1) is 7.70. The van der Waals surface area contributed by atoms with E-state index in [1.165, 1.54) is 6.07 Å². The summed E-state index contributed by atoms with van der Waals surface area (Å²) in [5.74, 6) is 0.0352. The Kier molecular flexibility index (Phi) is 2.56. The number of nitrogens with one attached hydrogen (secondary N) is 1. The van der Waals surface area contributed by atoms with Crippen molar-refractivity contribution in [2.45, 2.75) is 0 Å². The zero-order chi connectivity index (χ0) is 11.5. The number of halogens is 1. The Hall–Kier alpha value is -2.35. The molecule has 1 N–H and O–H groups in total. The van der Waals surface area contributed by atoms with E-state index in [2.05, 4.69) is 10.4 Å². The van der Waals surface area contributed by atoms with Gasteiger partial charge in [0.15, 0.2) is 5.82 Å². The smallest absolute Gasteiger partial charge is 0.152 e. The van der Waals surface area contributed by atoms with Gasteiger partial charge in [-0.3, -0.25) is 4.68 Å². The Morgan fingerprint density at radius 2 is 2.25 bits per heavy atom. The van der Waals surface area contributed by atoms with Crippen LogP contribution in [0.3, 0.4) is 0 Å². The van der Waals surface area contributed by atoms with Gasteiger partial charge in [-0.05, 0) is 12.1 Å². The fourth-order valence-electron chi connectivity index (χ4n) is 1.36. The number of rotatable bonds is 2. The van der Waals surface area contributed by atoms with E-state index in [4.69, 9.17) is 5.26 Å². The predicted octanol–water partition coefficient (Wildman–Crippen LogP) is 2.17. The molecule has 0 saturated carbocycles. The van der Waals surface area contributed by atoms with Crippen LogP contribution in [0.2, 0.25) is 0 Å². The summed E-state index contributed by atoms with van der Waals surface area (Å²) >= 11 is 0. The zero-order valence-corrected chi connectivity index (χ0v) is 8.61. The maximum atomic E-state index is 13.3. The number of benzene rings is 1. The molecule has 1 aromatic carbocycles. The zero-order valence-electron chi connectivity index (χ0n) is 8.61. The minimum Gasteiger partial charge on any atom is -0.338 e. The van der Waals surface area contributed by atoms with Crippen LogP contribution >= 0.6 is 0 Å². The average Bonchev–Trinajstić information content (AvgIpc) is 2.64. The molecular formula is C11H9FN4. The van der Waals surface area contributed by atoms with Gasteiger partial charge in [-0.2, -0.15) is 10.4 Å². The van der Waals surface area contributed by atoms with Crippen molar-refractivity contribution in [1.29, 1.82) is 5.26 Å². The lowest BCUT2D eigenvalue weighted by atomic mass is 10.2. The molecule has 0 unspecified atom stereocenters. The molecule has 0 amide bonds. The van der Waals surface area contributed by atoms with Gasteiger partial charge in [-0.1, -0.05) is 6.07 Å². The molecule has 0 saturated heterocycles. The molecule has 80 valence electrons. The van der Waals surface area contributed by atoms with E-state index < -0.39 is 5.82 Å². The molecule has 5 heteroatoms. The molecule has 1 heterocycles. The molecule has 2 aromatic rings. The highest BCUT2D eigenvalue weighted by Crippen LogP contribution is 2.21. The molecule has 2 rings (SSSR count). The molecule has 0 atom stereocenters. The number of hydrogen-bond acceptors (Lipinski definition) is 3. The third kappa shape index (κ3) is 1.86. The van der Waals surface area contributed by atoms with Crippen LogP contribution in [0.15, 0.2) is 30.5 Å². The molecule has 0 radical (unpaired) electrons. The molecule has 16 heavy (non-hydrogen) atoms.